The Morgan fingerprint density at radius 2 is 1.60 bits per heavy atom. The molecule has 1 saturated carbocycles. The Labute approximate surface area is 203 Å². The maximum atomic E-state index is 15.0. The topological polar surface area (TPSA) is 42.0 Å². The summed E-state index contributed by atoms with van der Waals surface area (Å²) in [7, 11) is 0. The second kappa shape index (κ2) is 10.1. The van der Waals surface area contributed by atoms with Crippen molar-refractivity contribution < 1.29 is 27.8 Å². The van der Waals surface area contributed by atoms with Gasteiger partial charge in [-0.3, -0.25) is 0 Å². The van der Waals surface area contributed by atoms with Gasteiger partial charge in [0.25, 0.3) is 0 Å². The van der Waals surface area contributed by atoms with E-state index in [1.54, 1.807) is 49.4 Å². The van der Waals surface area contributed by atoms with Crippen LogP contribution in [0, 0.1) is 17.5 Å². The van der Waals surface area contributed by atoms with Crippen molar-refractivity contribution in [1.29, 1.82) is 0 Å². The van der Waals surface area contributed by atoms with E-state index in [1.165, 1.54) is 6.07 Å². The van der Waals surface area contributed by atoms with E-state index in [-0.39, 0.29) is 29.5 Å². The highest BCUT2D eigenvalue weighted by molar-refractivity contribution is 5.65. The molecule has 0 amide bonds. The lowest BCUT2D eigenvalue weighted by Gasteiger charge is -2.29. The third-order valence-corrected chi connectivity index (χ3v) is 7.16. The quantitative estimate of drug-likeness (QED) is 0.364. The van der Waals surface area contributed by atoms with Crippen molar-refractivity contribution in [2.45, 2.75) is 63.4 Å². The molecule has 2 fully saturated rings. The van der Waals surface area contributed by atoms with Crippen LogP contribution in [0.3, 0.4) is 0 Å². The Balaban J connectivity index is 1.19. The molecule has 1 saturated heterocycles. The maximum Gasteiger partial charge on any atom is 0.166 e. The number of aliphatic hydroxyl groups excluding tert-OH is 1. The van der Waals surface area contributed by atoms with Crippen molar-refractivity contribution in [3.05, 3.63) is 94.3 Å². The molecule has 3 aromatic carbocycles. The molecule has 2 aliphatic rings. The standard InChI is InChI=1S/C29H29F3O3/c1-17(33)19-3-5-20(6-4-19)23-12-13-24(29(32)28(23)31)21-7-9-22(10-8-21)34-15-18-2-11-25(26(30)14-18)27-16-35-27/h2-6,11-14,17,21-22,27,33H,7-10,15-16H2,1H3. The van der Waals surface area contributed by atoms with E-state index >= 15 is 4.39 Å². The molecule has 6 heteroatoms. The summed E-state index contributed by atoms with van der Waals surface area (Å²) in [5, 5.41) is 9.65. The number of hydrogen-bond donors (Lipinski definition) is 1. The van der Waals surface area contributed by atoms with Gasteiger partial charge in [0, 0.05) is 11.1 Å². The summed E-state index contributed by atoms with van der Waals surface area (Å²) in [5.74, 6) is -1.96. The maximum absolute atomic E-state index is 15.0. The normalized spacial score (nSPS) is 22.7. The number of benzene rings is 3. The molecule has 1 N–H and O–H groups in total. The molecule has 0 aromatic heterocycles. The van der Waals surface area contributed by atoms with E-state index in [0.29, 0.717) is 42.7 Å². The molecule has 0 radical (unpaired) electrons. The van der Waals surface area contributed by atoms with E-state index in [2.05, 4.69) is 0 Å². The van der Waals surface area contributed by atoms with Gasteiger partial charge in [-0.1, -0.05) is 48.5 Å². The first-order valence-electron chi connectivity index (χ1n) is 12.2. The van der Waals surface area contributed by atoms with E-state index in [4.69, 9.17) is 9.47 Å². The zero-order chi connectivity index (χ0) is 24.5. The lowest BCUT2D eigenvalue weighted by molar-refractivity contribution is 0.0130. The molecule has 1 heterocycles. The van der Waals surface area contributed by atoms with Gasteiger partial charge >= 0.3 is 0 Å². The van der Waals surface area contributed by atoms with Crippen LogP contribution in [0.5, 0.6) is 0 Å². The third kappa shape index (κ3) is 5.30. The Morgan fingerprint density at radius 3 is 2.23 bits per heavy atom. The number of rotatable bonds is 7. The predicted octanol–water partition coefficient (Wildman–Crippen LogP) is 7.14. The van der Waals surface area contributed by atoms with E-state index in [1.807, 2.05) is 6.07 Å². The Kier molecular flexibility index (Phi) is 6.96. The van der Waals surface area contributed by atoms with Crippen LogP contribution in [-0.2, 0) is 16.1 Å². The molecule has 2 atom stereocenters. The lowest BCUT2D eigenvalue weighted by Crippen LogP contribution is -2.21. The minimum Gasteiger partial charge on any atom is -0.389 e. The zero-order valence-corrected chi connectivity index (χ0v) is 19.6. The fourth-order valence-corrected chi connectivity index (χ4v) is 4.95. The van der Waals surface area contributed by atoms with E-state index in [9.17, 15) is 13.9 Å². The zero-order valence-electron chi connectivity index (χ0n) is 19.6. The van der Waals surface area contributed by atoms with Gasteiger partial charge < -0.3 is 14.6 Å². The molecule has 0 spiro atoms. The number of halogens is 3. The molecule has 3 nitrogen and oxygen atoms in total. The van der Waals surface area contributed by atoms with Gasteiger partial charge in [-0.2, -0.15) is 0 Å². The van der Waals surface area contributed by atoms with Gasteiger partial charge in [0.2, 0.25) is 0 Å². The Morgan fingerprint density at radius 1 is 0.914 bits per heavy atom. The summed E-state index contributed by atoms with van der Waals surface area (Å²) in [6.45, 7) is 2.55. The molecule has 1 aliphatic carbocycles. The Bertz CT molecular complexity index is 1180. The summed E-state index contributed by atoms with van der Waals surface area (Å²) < 4.78 is 55.4. The van der Waals surface area contributed by atoms with Crippen LogP contribution in [-0.4, -0.2) is 17.8 Å². The second-order valence-corrected chi connectivity index (χ2v) is 9.59. The average Bonchev–Trinajstić information content (AvgIpc) is 3.70. The molecular formula is C29H29F3O3. The molecule has 35 heavy (non-hydrogen) atoms. The SMILES string of the molecule is CC(O)c1ccc(-c2ccc(C3CCC(OCc4ccc(C5CO5)c(F)c4)CC3)c(F)c2F)cc1. The van der Waals surface area contributed by atoms with Crippen LogP contribution in [0.4, 0.5) is 13.2 Å². The molecule has 1 aliphatic heterocycles. The fraction of sp³-hybridized carbons (Fsp3) is 0.379. The fourth-order valence-electron chi connectivity index (χ4n) is 4.95. The van der Waals surface area contributed by atoms with Gasteiger partial charge in [0.05, 0.1) is 25.4 Å². The van der Waals surface area contributed by atoms with E-state index in [0.717, 1.165) is 24.0 Å². The van der Waals surface area contributed by atoms with Crippen molar-refractivity contribution in [3.63, 3.8) is 0 Å². The largest absolute Gasteiger partial charge is 0.389 e. The predicted molar refractivity (Wildman–Crippen MR) is 127 cm³/mol. The number of aliphatic hydroxyl groups is 1. The van der Waals surface area contributed by atoms with Crippen molar-refractivity contribution >= 4 is 0 Å². The second-order valence-electron chi connectivity index (χ2n) is 9.59. The van der Waals surface area contributed by atoms with Crippen LogP contribution in [0.15, 0.2) is 54.6 Å². The summed E-state index contributed by atoms with van der Waals surface area (Å²) >= 11 is 0. The van der Waals surface area contributed by atoms with Gasteiger partial charge in [0.1, 0.15) is 11.9 Å². The molecule has 3 aromatic rings. The minimum absolute atomic E-state index is 0.0142. The molecule has 0 bridgehead atoms. The van der Waals surface area contributed by atoms with Crippen LogP contribution in [0.25, 0.3) is 11.1 Å². The molecule has 184 valence electrons. The van der Waals surface area contributed by atoms with Gasteiger partial charge in [-0.25, -0.2) is 13.2 Å². The van der Waals surface area contributed by atoms with E-state index < -0.39 is 17.7 Å². The van der Waals surface area contributed by atoms with Crippen LogP contribution in [0.2, 0.25) is 0 Å². The van der Waals surface area contributed by atoms with Gasteiger partial charge in [0.15, 0.2) is 11.6 Å². The Hall–Kier alpha value is -2.67. The van der Waals surface area contributed by atoms with Crippen LogP contribution < -0.4 is 0 Å². The lowest BCUT2D eigenvalue weighted by atomic mass is 9.82. The number of ether oxygens (including phenoxy) is 2. The van der Waals surface area contributed by atoms with Crippen molar-refractivity contribution in [3.8, 4) is 11.1 Å². The highest BCUT2D eigenvalue weighted by atomic mass is 19.2. The molecule has 5 rings (SSSR count). The molecular weight excluding hydrogens is 453 g/mol. The van der Waals surface area contributed by atoms with Crippen molar-refractivity contribution in [2.75, 3.05) is 6.61 Å². The third-order valence-electron chi connectivity index (χ3n) is 7.16. The average molecular weight is 483 g/mol. The van der Waals surface area contributed by atoms with Gasteiger partial charge in [-0.15, -0.1) is 0 Å². The number of epoxide rings is 1. The van der Waals surface area contributed by atoms with Crippen molar-refractivity contribution in [2.24, 2.45) is 0 Å². The summed E-state index contributed by atoms with van der Waals surface area (Å²) in [6, 6.07) is 15.3. The first-order chi connectivity index (χ1) is 16.9. The number of hydrogen-bond acceptors (Lipinski definition) is 3. The smallest absolute Gasteiger partial charge is 0.166 e. The van der Waals surface area contributed by atoms with Crippen LogP contribution in [0.1, 0.15) is 73.0 Å². The van der Waals surface area contributed by atoms with Crippen molar-refractivity contribution in [1.82, 2.24) is 0 Å². The first kappa shape index (κ1) is 24.0. The summed E-state index contributed by atoms with van der Waals surface area (Å²) in [5.41, 5.74) is 3.28. The minimum atomic E-state index is -0.840. The first-order valence-corrected chi connectivity index (χ1v) is 12.2. The molecule has 2 unspecified atom stereocenters. The highest BCUT2D eigenvalue weighted by Crippen LogP contribution is 2.38. The summed E-state index contributed by atoms with van der Waals surface area (Å²) in [4.78, 5) is 0. The summed E-state index contributed by atoms with van der Waals surface area (Å²) in [6.07, 6.45) is 2.17. The van der Waals surface area contributed by atoms with Gasteiger partial charge in [-0.05, 0) is 66.8 Å². The monoisotopic (exact) mass is 482 g/mol. The highest BCUT2D eigenvalue weighted by Gasteiger charge is 2.29. The van der Waals surface area contributed by atoms with Crippen LogP contribution >= 0.6 is 0 Å².